The molecule has 0 saturated carbocycles. The van der Waals surface area contributed by atoms with Crippen LogP contribution in [0.2, 0.25) is 0 Å². The number of rotatable bonds is 5. The number of benzene rings is 1. The summed E-state index contributed by atoms with van der Waals surface area (Å²) >= 11 is 0. The molecule has 0 aliphatic carbocycles. The molecule has 1 aromatic rings. The predicted octanol–water partition coefficient (Wildman–Crippen LogP) is 2.40. The lowest BCUT2D eigenvalue weighted by Crippen LogP contribution is -2.42. The number of allylic oxidation sites excluding steroid dienone is 1. The summed E-state index contributed by atoms with van der Waals surface area (Å²) in [6.45, 7) is 5.67. The number of methoxy groups -OCH3 is 2. The summed E-state index contributed by atoms with van der Waals surface area (Å²) in [4.78, 5) is 15.3. The van der Waals surface area contributed by atoms with Crippen molar-refractivity contribution in [3.8, 4) is 11.5 Å². The molecule has 1 amide bonds. The number of nitrogens with one attached hydrogen (secondary N) is 1. The van der Waals surface area contributed by atoms with Crippen LogP contribution in [0.5, 0.6) is 11.5 Å². The Hall–Kier alpha value is -2.01. The molecule has 2 heterocycles. The standard InChI is InChI=1S/C19H26N2O3/c1-4-5-13-10-14(11-17(23-2)18(13)24-3)19(22)21-15-6-7-16(21)12-20-9-8-15/h4,10-11,15-16,20H,1,5-9,12H2,2-3H3. The van der Waals surface area contributed by atoms with Gasteiger partial charge in [0.05, 0.1) is 14.2 Å². The maximum Gasteiger partial charge on any atom is 0.254 e. The van der Waals surface area contributed by atoms with E-state index in [9.17, 15) is 4.79 Å². The van der Waals surface area contributed by atoms with Crippen molar-refractivity contribution >= 4 is 5.91 Å². The second-order valence-electron chi connectivity index (χ2n) is 6.45. The van der Waals surface area contributed by atoms with E-state index < -0.39 is 0 Å². The van der Waals surface area contributed by atoms with Gasteiger partial charge in [-0.25, -0.2) is 0 Å². The smallest absolute Gasteiger partial charge is 0.254 e. The van der Waals surface area contributed by atoms with Crippen LogP contribution in [0.1, 0.15) is 35.2 Å². The van der Waals surface area contributed by atoms with Crippen LogP contribution >= 0.6 is 0 Å². The molecule has 5 heteroatoms. The Morgan fingerprint density at radius 1 is 1.29 bits per heavy atom. The van der Waals surface area contributed by atoms with Crippen molar-refractivity contribution in [2.24, 2.45) is 0 Å². The van der Waals surface area contributed by atoms with Crippen molar-refractivity contribution in [2.45, 2.75) is 37.8 Å². The number of ether oxygens (including phenoxy) is 2. The lowest BCUT2D eigenvalue weighted by Gasteiger charge is -2.28. The fourth-order valence-electron chi connectivity index (χ4n) is 3.94. The van der Waals surface area contributed by atoms with Crippen LogP contribution in [0.25, 0.3) is 0 Å². The molecule has 5 nitrogen and oxygen atoms in total. The van der Waals surface area contributed by atoms with E-state index in [-0.39, 0.29) is 5.91 Å². The van der Waals surface area contributed by atoms with E-state index in [1.807, 2.05) is 12.1 Å². The lowest BCUT2D eigenvalue weighted by atomic mass is 10.0. The third-order valence-corrected chi connectivity index (χ3v) is 5.06. The van der Waals surface area contributed by atoms with Crippen molar-refractivity contribution in [1.29, 1.82) is 0 Å². The Balaban J connectivity index is 1.97. The molecule has 0 spiro atoms. The molecule has 130 valence electrons. The minimum absolute atomic E-state index is 0.0949. The normalized spacial score (nSPS) is 22.8. The van der Waals surface area contributed by atoms with Crippen molar-refractivity contribution in [2.75, 3.05) is 27.3 Å². The van der Waals surface area contributed by atoms with Crippen LogP contribution in [0, 0.1) is 0 Å². The van der Waals surface area contributed by atoms with Gasteiger partial charge in [-0.3, -0.25) is 4.79 Å². The zero-order valence-electron chi connectivity index (χ0n) is 14.5. The number of hydrogen-bond donors (Lipinski definition) is 1. The number of amides is 1. The van der Waals surface area contributed by atoms with Gasteiger partial charge in [-0.05, 0) is 44.4 Å². The first kappa shape index (κ1) is 16.8. The van der Waals surface area contributed by atoms with Crippen molar-refractivity contribution in [3.05, 3.63) is 35.9 Å². The molecular formula is C19H26N2O3. The molecular weight excluding hydrogens is 304 g/mol. The molecule has 2 saturated heterocycles. The zero-order valence-corrected chi connectivity index (χ0v) is 14.5. The molecule has 1 aromatic carbocycles. The SMILES string of the molecule is C=CCc1cc(C(=O)N2C3CCNCC2CC3)cc(OC)c1OC. The predicted molar refractivity (Wildman–Crippen MR) is 93.9 cm³/mol. The third-order valence-electron chi connectivity index (χ3n) is 5.06. The topological polar surface area (TPSA) is 50.8 Å². The largest absolute Gasteiger partial charge is 0.493 e. The molecule has 3 rings (SSSR count). The van der Waals surface area contributed by atoms with Crippen LogP contribution in [-0.2, 0) is 6.42 Å². The molecule has 2 atom stereocenters. The molecule has 0 radical (unpaired) electrons. The van der Waals surface area contributed by atoms with Gasteiger partial charge in [0.15, 0.2) is 11.5 Å². The number of carbonyl (C=O) groups excluding carboxylic acids is 1. The van der Waals surface area contributed by atoms with Crippen LogP contribution in [-0.4, -0.2) is 50.2 Å². The quantitative estimate of drug-likeness (QED) is 0.842. The van der Waals surface area contributed by atoms with Crippen LogP contribution in [0.4, 0.5) is 0 Å². The van der Waals surface area contributed by atoms with E-state index in [0.29, 0.717) is 35.6 Å². The second-order valence-corrected chi connectivity index (χ2v) is 6.45. The fourth-order valence-corrected chi connectivity index (χ4v) is 3.94. The van der Waals surface area contributed by atoms with Gasteiger partial charge in [-0.1, -0.05) is 6.08 Å². The van der Waals surface area contributed by atoms with Crippen molar-refractivity contribution in [1.82, 2.24) is 10.2 Å². The monoisotopic (exact) mass is 330 g/mol. The summed E-state index contributed by atoms with van der Waals surface area (Å²) in [5.41, 5.74) is 1.60. The fraction of sp³-hybridized carbons (Fsp3) is 0.526. The molecule has 2 aliphatic heterocycles. The first-order chi connectivity index (χ1) is 11.7. The number of fused-ring (bicyclic) bond motifs is 2. The van der Waals surface area contributed by atoms with Crippen molar-refractivity contribution < 1.29 is 14.3 Å². The van der Waals surface area contributed by atoms with Gasteiger partial charge in [0.25, 0.3) is 5.91 Å². The van der Waals surface area contributed by atoms with Crippen LogP contribution in [0.3, 0.4) is 0 Å². The first-order valence-corrected chi connectivity index (χ1v) is 8.58. The molecule has 2 aliphatic rings. The highest BCUT2D eigenvalue weighted by Crippen LogP contribution is 2.35. The highest BCUT2D eigenvalue weighted by molar-refractivity contribution is 5.96. The van der Waals surface area contributed by atoms with Crippen LogP contribution < -0.4 is 14.8 Å². The molecule has 2 fully saturated rings. The van der Waals surface area contributed by atoms with Gasteiger partial charge in [0.1, 0.15) is 0 Å². The highest BCUT2D eigenvalue weighted by atomic mass is 16.5. The molecule has 2 bridgehead atoms. The number of carbonyl (C=O) groups is 1. The molecule has 2 unspecified atom stereocenters. The second kappa shape index (κ2) is 7.26. The van der Waals surface area contributed by atoms with Crippen molar-refractivity contribution in [3.63, 3.8) is 0 Å². The highest BCUT2D eigenvalue weighted by Gasteiger charge is 2.38. The third kappa shape index (κ3) is 3.00. The maximum absolute atomic E-state index is 13.2. The number of hydrogen-bond acceptors (Lipinski definition) is 4. The Morgan fingerprint density at radius 2 is 2.08 bits per heavy atom. The summed E-state index contributed by atoms with van der Waals surface area (Å²) in [5.74, 6) is 1.37. The van der Waals surface area contributed by atoms with E-state index >= 15 is 0 Å². The van der Waals surface area contributed by atoms with Gasteiger partial charge >= 0.3 is 0 Å². The Kier molecular flexibility index (Phi) is 5.09. The van der Waals surface area contributed by atoms with Gasteiger partial charge in [-0.2, -0.15) is 0 Å². The maximum atomic E-state index is 13.2. The Labute approximate surface area is 143 Å². The van der Waals surface area contributed by atoms with E-state index in [1.54, 1.807) is 20.3 Å². The van der Waals surface area contributed by atoms with Gasteiger partial charge in [0, 0.05) is 29.8 Å². The minimum Gasteiger partial charge on any atom is -0.493 e. The number of nitrogens with zero attached hydrogens (tertiary/aromatic N) is 1. The minimum atomic E-state index is 0.0949. The molecule has 1 N–H and O–H groups in total. The van der Waals surface area contributed by atoms with E-state index in [0.717, 1.165) is 37.9 Å². The lowest BCUT2D eigenvalue weighted by molar-refractivity contribution is 0.0679. The first-order valence-electron chi connectivity index (χ1n) is 8.58. The molecule has 0 aromatic heterocycles. The van der Waals surface area contributed by atoms with E-state index in [2.05, 4.69) is 16.8 Å². The van der Waals surface area contributed by atoms with Gasteiger partial charge in [-0.15, -0.1) is 6.58 Å². The summed E-state index contributed by atoms with van der Waals surface area (Å²) in [5, 5.41) is 3.44. The summed E-state index contributed by atoms with van der Waals surface area (Å²) in [6.07, 6.45) is 5.65. The average Bonchev–Trinajstić information content (AvgIpc) is 2.86. The van der Waals surface area contributed by atoms with Gasteiger partial charge in [0.2, 0.25) is 0 Å². The van der Waals surface area contributed by atoms with Crippen LogP contribution in [0.15, 0.2) is 24.8 Å². The van der Waals surface area contributed by atoms with Gasteiger partial charge < -0.3 is 19.7 Å². The Bertz CT molecular complexity index is 615. The molecule has 24 heavy (non-hydrogen) atoms. The summed E-state index contributed by atoms with van der Waals surface area (Å²) < 4.78 is 10.9. The zero-order chi connectivity index (χ0) is 17.1. The average molecular weight is 330 g/mol. The summed E-state index contributed by atoms with van der Waals surface area (Å²) in [6, 6.07) is 4.35. The Morgan fingerprint density at radius 3 is 2.79 bits per heavy atom. The van der Waals surface area contributed by atoms with E-state index in [1.165, 1.54) is 0 Å². The van der Waals surface area contributed by atoms with E-state index in [4.69, 9.17) is 9.47 Å². The summed E-state index contributed by atoms with van der Waals surface area (Å²) in [7, 11) is 3.22.